The summed E-state index contributed by atoms with van der Waals surface area (Å²) >= 11 is 0. The number of amides is 1. The van der Waals surface area contributed by atoms with Crippen LogP contribution in [0.5, 0.6) is 0 Å². The number of carbonyl (C=O) groups excluding carboxylic acids is 1. The van der Waals surface area contributed by atoms with Crippen molar-refractivity contribution in [3.05, 3.63) is 18.0 Å². The molecule has 1 fully saturated rings. The van der Waals surface area contributed by atoms with Crippen molar-refractivity contribution in [1.29, 1.82) is 0 Å². The number of hydrogen-bond acceptors (Lipinski definition) is 2. The Morgan fingerprint density at radius 1 is 1.56 bits per heavy atom. The van der Waals surface area contributed by atoms with E-state index in [9.17, 15) is 4.79 Å². The van der Waals surface area contributed by atoms with Gasteiger partial charge in [-0.15, -0.1) is 0 Å². The molecular formula is C12H19N3O. The Labute approximate surface area is 96.0 Å². The third-order valence-corrected chi connectivity index (χ3v) is 3.08. The van der Waals surface area contributed by atoms with E-state index in [4.69, 9.17) is 0 Å². The Kier molecular flexibility index (Phi) is 2.74. The average molecular weight is 221 g/mol. The molecule has 0 spiro atoms. The van der Waals surface area contributed by atoms with Crippen LogP contribution < -0.4 is 0 Å². The van der Waals surface area contributed by atoms with Crippen molar-refractivity contribution in [1.82, 2.24) is 15.1 Å². The third-order valence-electron chi connectivity index (χ3n) is 3.08. The predicted molar refractivity (Wildman–Crippen MR) is 62.0 cm³/mol. The van der Waals surface area contributed by atoms with Gasteiger partial charge in [-0.05, 0) is 12.5 Å². The van der Waals surface area contributed by atoms with Gasteiger partial charge in [0.25, 0.3) is 0 Å². The molecule has 0 aliphatic carbocycles. The van der Waals surface area contributed by atoms with E-state index < -0.39 is 0 Å². The first kappa shape index (κ1) is 11.2. The van der Waals surface area contributed by atoms with E-state index in [1.54, 1.807) is 6.20 Å². The molecule has 4 heteroatoms. The topological polar surface area (TPSA) is 49.0 Å². The first-order valence-electron chi connectivity index (χ1n) is 5.77. The van der Waals surface area contributed by atoms with Crippen LogP contribution in [0.1, 0.15) is 38.8 Å². The molecule has 0 bridgehead atoms. The lowest BCUT2D eigenvalue weighted by molar-refractivity contribution is -0.138. The number of likely N-dealkylation sites (tertiary alicyclic amines) is 1. The van der Waals surface area contributed by atoms with Gasteiger partial charge in [-0.1, -0.05) is 20.8 Å². The van der Waals surface area contributed by atoms with Gasteiger partial charge in [0.05, 0.1) is 0 Å². The Balaban J connectivity index is 2.01. The van der Waals surface area contributed by atoms with Crippen LogP contribution in [-0.2, 0) is 4.79 Å². The lowest BCUT2D eigenvalue weighted by atomic mass is 9.95. The van der Waals surface area contributed by atoms with Crippen molar-refractivity contribution in [2.75, 3.05) is 13.1 Å². The van der Waals surface area contributed by atoms with Crippen molar-refractivity contribution in [3.8, 4) is 0 Å². The highest BCUT2D eigenvalue weighted by Gasteiger charge is 2.33. The number of aromatic amines is 1. The Morgan fingerprint density at radius 2 is 2.31 bits per heavy atom. The van der Waals surface area contributed by atoms with E-state index in [-0.39, 0.29) is 11.3 Å². The molecule has 1 N–H and O–H groups in total. The highest BCUT2D eigenvalue weighted by Crippen LogP contribution is 2.28. The zero-order valence-electron chi connectivity index (χ0n) is 10.2. The number of carbonyl (C=O) groups is 1. The third kappa shape index (κ3) is 2.10. The Bertz CT molecular complexity index is 364. The minimum atomic E-state index is -0.275. The molecule has 1 aliphatic heterocycles. The summed E-state index contributed by atoms with van der Waals surface area (Å²) in [5.74, 6) is 0.670. The van der Waals surface area contributed by atoms with Gasteiger partial charge < -0.3 is 4.90 Å². The first-order valence-corrected chi connectivity index (χ1v) is 5.77. The fourth-order valence-corrected chi connectivity index (χ4v) is 2.17. The van der Waals surface area contributed by atoms with Crippen molar-refractivity contribution in [2.24, 2.45) is 5.41 Å². The van der Waals surface area contributed by atoms with Crippen LogP contribution >= 0.6 is 0 Å². The van der Waals surface area contributed by atoms with Crippen molar-refractivity contribution >= 4 is 5.91 Å². The number of nitrogens with zero attached hydrogens (tertiary/aromatic N) is 2. The van der Waals surface area contributed by atoms with E-state index in [1.807, 2.05) is 31.7 Å². The van der Waals surface area contributed by atoms with Crippen LogP contribution in [0, 0.1) is 5.41 Å². The quantitative estimate of drug-likeness (QED) is 0.785. The van der Waals surface area contributed by atoms with Gasteiger partial charge in [0.15, 0.2) is 0 Å². The van der Waals surface area contributed by atoms with E-state index in [2.05, 4.69) is 10.2 Å². The average Bonchev–Trinajstić information content (AvgIpc) is 2.85. The maximum atomic E-state index is 12.1. The molecule has 0 aromatic carbocycles. The number of nitrogens with one attached hydrogen (secondary N) is 1. The molecule has 88 valence electrons. The van der Waals surface area contributed by atoms with Crippen LogP contribution in [0.25, 0.3) is 0 Å². The highest BCUT2D eigenvalue weighted by molar-refractivity contribution is 5.81. The van der Waals surface area contributed by atoms with Crippen LogP contribution in [0.3, 0.4) is 0 Å². The molecule has 16 heavy (non-hydrogen) atoms. The summed E-state index contributed by atoms with van der Waals surface area (Å²) in [4.78, 5) is 14.0. The van der Waals surface area contributed by atoms with E-state index in [0.29, 0.717) is 5.92 Å². The molecule has 4 nitrogen and oxygen atoms in total. The van der Waals surface area contributed by atoms with Crippen LogP contribution in [0.4, 0.5) is 0 Å². The molecular weight excluding hydrogens is 202 g/mol. The van der Waals surface area contributed by atoms with Crippen molar-refractivity contribution in [2.45, 2.75) is 33.1 Å². The maximum Gasteiger partial charge on any atom is 0.227 e. The number of aromatic nitrogens is 2. The fraction of sp³-hybridized carbons (Fsp3) is 0.667. The second-order valence-corrected chi connectivity index (χ2v) is 5.50. The van der Waals surface area contributed by atoms with Crippen LogP contribution in [0.2, 0.25) is 0 Å². The zero-order chi connectivity index (χ0) is 11.8. The Morgan fingerprint density at radius 3 is 2.88 bits per heavy atom. The lowest BCUT2D eigenvalue weighted by Gasteiger charge is -2.25. The van der Waals surface area contributed by atoms with Gasteiger partial charge in [0, 0.05) is 36.3 Å². The molecule has 1 aromatic heterocycles. The molecule has 1 unspecified atom stereocenters. The van der Waals surface area contributed by atoms with Gasteiger partial charge in [-0.25, -0.2) is 0 Å². The van der Waals surface area contributed by atoms with E-state index in [0.717, 1.165) is 25.2 Å². The number of H-pyrrole nitrogens is 1. The number of hydrogen-bond donors (Lipinski definition) is 1. The summed E-state index contributed by atoms with van der Waals surface area (Å²) in [5.41, 5.74) is 0.868. The second-order valence-electron chi connectivity index (χ2n) is 5.50. The zero-order valence-corrected chi connectivity index (χ0v) is 10.2. The summed E-state index contributed by atoms with van der Waals surface area (Å²) < 4.78 is 0. The molecule has 1 amide bonds. The fourth-order valence-electron chi connectivity index (χ4n) is 2.17. The van der Waals surface area contributed by atoms with Gasteiger partial charge in [-0.3, -0.25) is 9.89 Å². The van der Waals surface area contributed by atoms with Gasteiger partial charge in [0.1, 0.15) is 0 Å². The molecule has 0 radical (unpaired) electrons. The molecule has 2 heterocycles. The molecule has 1 aromatic rings. The standard InChI is InChI=1S/C12H19N3O/c1-12(2,3)11(16)15-7-5-9(8-15)10-4-6-13-14-10/h4,6,9H,5,7-8H2,1-3H3,(H,13,14). The molecule has 1 aliphatic rings. The van der Waals surface area contributed by atoms with E-state index in [1.165, 1.54) is 0 Å². The number of rotatable bonds is 1. The summed E-state index contributed by atoms with van der Waals surface area (Å²) in [6, 6.07) is 2.00. The summed E-state index contributed by atoms with van der Waals surface area (Å²) in [6.07, 6.45) is 2.80. The summed E-state index contributed by atoms with van der Waals surface area (Å²) in [6.45, 7) is 7.59. The normalized spacial score (nSPS) is 21.4. The van der Waals surface area contributed by atoms with Gasteiger partial charge in [-0.2, -0.15) is 5.10 Å². The Hall–Kier alpha value is -1.32. The first-order chi connectivity index (χ1) is 7.48. The van der Waals surface area contributed by atoms with E-state index >= 15 is 0 Å². The van der Waals surface area contributed by atoms with Crippen LogP contribution in [0.15, 0.2) is 12.3 Å². The molecule has 1 atom stereocenters. The minimum absolute atomic E-state index is 0.245. The van der Waals surface area contributed by atoms with Gasteiger partial charge in [0.2, 0.25) is 5.91 Å². The molecule has 1 saturated heterocycles. The summed E-state index contributed by atoms with van der Waals surface area (Å²) in [7, 11) is 0. The van der Waals surface area contributed by atoms with Gasteiger partial charge >= 0.3 is 0 Å². The predicted octanol–water partition coefficient (Wildman–Crippen LogP) is 1.77. The maximum absolute atomic E-state index is 12.1. The van der Waals surface area contributed by atoms with Crippen LogP contribution in [-0.4, -0.2) is 34.1 Å². The molecule has 0 saturated carbocycles. The summed E-state index contributed by atoms with van der Waals surface area (Å²) in [5, 5.41) is 6.95. The van der Waals surface area contributed by atoms with Crippen molar-refractivity contribution in [3.63, 3.8) is 0 Å². The smallest absolute Gasteiger partial charge is 0.227 e. The highest BCUT2D eigenvalue weighted by atomic mass is 16.2. The van der Waals surface area contributed by atoms with Crippen molar-refractivity contribution < 1.29 is 4.79 Å². The monoisotopic (exact) mass is 221 g/mol. The largest absolute Gasteiger partial charge is 0.342 e. The second kappa shape index (κ2) is 3.92. The lowest BCUT2D eigenvalue weighted by Crippen LogP contribution is -2.37. The molecule has 2 rings (SSSR count). The minimum Gasteiger partial charge on any atom is -0.342 e. The SMILES string of the molecule is CC(C)(C)C(=O)N1CCC(c2ccn[nH]2)C1.